The van der Waals surface area contributed by atoms with Crippen molar-refractivity contribution in [3.8, 4) is 22.6 Å². The molecular formula is C26H20BF2NO4. The fraction of sp³-hybridized carbons (Fsp3) is 0.231. The summed E-state index contributed by atoms with van der Waals surface area (Å²) in [6.45, 7) is 3.86. The molecule has 3 aromatic rings. The van der Waals surface area contributed by atoms with E-state index in [-0.39, 0.29) is 17.4 Å². The van der Waals surface area contributed by atoms with Crippen molar-refractivity contribution in [2.75, 3.05) is 5.32 Å². The number of hydrogen-bond donors (Lipinski definition) is 1. The van der Waals surface area contributed by atoms with Crippen molar-refractivity contribution < 1.29 is 27.8 Å². The molecule has 8 heteroatoms. The highest BCUT2D eigenvalue weighted by atomic mass is 19.3. The van der Waals surface area contributed by atoms with E-state index >= 15 is 0 Å². The maximum atomic E-state index is 13.4. The first-order valence-corrected chi connectivity index (χ1v) is 10.8. The van der Waals surface area contributed by atoms with Crippen LogP contribution in [0.25, 0.3) is 11.1 Å². The molecule has 5 nitrogen and oxygen atoms in total. The van der Waals surface area contributed by atoms with Crippen LogP contribution in [0.2, 0.25) is 0 Å². The van der Waals surface area contributed by atoms with E-state index in [0.717, 1.165) is 22.3 Å². The van der Waals surface area contributed by atoms with Crippen molar-refractivity contribution in [2.45, 2.75) is 38.4 Å². The molecule has 34 heavy (non-hydrogen) atoms. The number of alkyl halides is 2. The zero-order valence-electron chi connectivity index (χ0n) is 18.6. The minimum Gasteiger partial charge on any atom is -0.395 e. The van der Waals surface area contributed by atoms with Gasteiger partial charge in [-0.2, -0.15) is 0 Å². The molecule has 0 unspecified atom stereocenters. The molecule has 1 heterocycles. The van der Waals surface area contributed by atoms with E-state index in [9.17, 15) is 18.4 Å². The first kappa shape index (κ1) is 22.1. The van der Waals surface area contributed by atoms with E-state index in [1.807, 2.05) is 38.1 Å². The number of carbonyl (C=O) groups excluding carboxylic acids is 2. The number of anilines is 1. The van der Waals surface area contributed by atoms with Gasteiger partial charge in [0, 0.05) is 11.3 Å². The lowest BCUT2D eigenvalue weighted by molar-refractivity contribution is -0.286. The van der Waals surface area contributed by atoms with Gasteiger partial charge in [0.1, 0.15) is 5.68 Å². The quantitative estimate of drug-likeness (QED) is 0.528. The smallest absolute Gasteiger partial charge is 0.395 e. The predicted octanol–water partition coefficient (Wildman–Crippen LogP) is 5.27. The standard InChI is InChI=1S/C26H20BF2NO4/c1-14-3-6-18(13-20(14)19-7-4-16(23(27)31)11-15(19)2)30-24(32)25(9-10-25)17-5-8-21-22(12-17)34-26(28,29)33-21/h3-8,11-13H,9-10H2,1-2H3,(H,30,32). The number of carbonyl (C=O) groups is 2. The van der Waals surface area contributed by atoms with Crippen LogP contribution in [0, 0.1) is 13.8 Å². The van der Waals surface area contributed by atoms with E-state index in [1.54, 1.807) is 18.2 Å². The van der Waals surface area contributed by atoms with Gasteiger partial charge in [0.15, 0.2) is 19.3 Å². The summed E-state index contributed by atoms with van der Waals surface area (Å²) in [5, 5.41) is 2.98. The third-order valence-electron chi connectivity index (χ3n) is 6.44. The van der Waals surface area contributed by atoms with Gasteiger partial charge in [-0.15, -0.1) is 8.78 Å². The molecule has 5 rings (SSSR count). The summed E-state index contributed by atoms with van der Waals surface area (Å²) in [5.41, 5.74) is 4.09. The van der Waals surface area contributed by atoms with Crippen molar-refractivity contribution in [1.29, 1.82) is 0 Å². The molecule has 1 N–H and O–H groups in total. The molecule has 3 aromatic carbocycles. The fourth-order valence-corrected chi connectivity index (χ4v) is 4.38. The lowest BCUT2D eigenvalue weighted by Crippen LogP contribution is -2.28. The topological polar surface area (TPSA) is 64.6 Å². The molecule has 2 aliphatic rings. The minimum atomic E-state index is -3.70. The second kappa shape index (κ2) is 7.69. The predicted molar refractivity (Wildman–Crippen MR) is 124 cm³/mol. The summed E-state index contributed by atoms with van der Waals surface area (Å²) in [6.07, 6.45) is -2.51. The highest BCUT2D eigenvalue weighted by Crippen LogP contribution is 2.52. The molecule has 0 bridgehead atoms. The number of rotatable bonds is 5. The van der Waals surface area contributed by atoms with Crippen LogP contribution in [-0.2, 0) is 10.2 Å². The number of fused-ring (bicyclic) bond motifs is 1. The third kappa shape index (κ3) is 3.83. The molecular weight excluding hydrogens is 439 g/mol. The van der Waals surface area contributed by atoms with E-state index in [1.165, 1.54) is 12.1 Å². The number of halogens is 2. The average molecular weight is 459 g/mol. The summed E-state index contributed by atoms with van der Waals surface area (Å²) in [6, 6.07) is 15.4. The van der Waals surface area contributed by atoms with Crippen LogP contribution in [0.5, 0.6) is 11.5 Å². The Labute approximate surface area is 196 Å². The van der Waals surface area contributed by atoms with Crippen LogP contribution < -0.4 is 14.8 Å². The number of benzene rings is 3. The number of aryl methyl sites for hydroxylation is 2. The Bertz CT molecular complexity index is 1350. The lowest BCUT2D eigenvalue weighted by Gasteiger charge is -2.18. The summed E-state index contributed by atoms with van der Waals surface area (Å²) < 4.78 is 35.8. The first-order chi connectivity index (χ1) is 16.1. The Hall–Kier alpha value is -3.68. The number of ether oxygens (including phenoxy) is 2. The first-order valence-electron chi connectivity index (χ1n) is 10.8. The molecule has 1 fully saturated rings. The van der Waals surface area contributed by atoms with Crippen molar-refractivity contribution in [2.24, 2.45) is 0 Å². The number of amides is 1. The Morgan fingerprint density at radius 3 is 2.29 bits per heavy atom. The minimum absolute atomic E-state index is 0.0501. The van der Waals surface area contributed by atoms with Gasteiger partial charge in [-0.1, -0.05) is 24.3 Å². The van der Waals surface area contributed by atoms with Crippen LogP contribution in [0.3, 0.4) is 0 Å². The summed E-state index contributed by atoms with van der Waals surface area (Å²) in [4.78, 5) is 24.7. The monoisotopic (exact) mass is 459 g/mol. The molecule has 2 radical (unpaired) electrons. The van der Waals surface area contributed by atoms with Crippen LogP contribution in [-0.4, -0.2) is 25.7 Å². The second-order valence-corrected chi connectivity index (χ2v) is 8.79. The zero-order valence-corrected chi connectivity index (χ0v) is 18.6. The van der Waals surface area contributed by atoms with Gasteiger partial charge in [0.25, 0.3) is 0 Å². The average Bonchev–Trinajstić information content (AvgIpc) is 3.52. The molecule has 170 valence electrons. The molecule has 1 aliphatic heterocycles. The maximum Gasteiger partial charge on any atom is 0.586 e. The van der Waals surface area contributed by atoms with Gasteiger partial charge in [-0.05, 0) is 84.8 Å². The lowest BCUT2D eigenvalue weighted by atomic mass is 9.89. The molecule has 0 atom stereocenters. The SMILES string of the molecule is [B]C(=O)c1ccc(-c2cc(NC(=O)C3(c4ccc5c(c4)OC(F)(F)O5)CC3)ccc2C)c(C)c1. The van der Waals surface area contributed by atoms with Gasteiger partial charge in [0.05, 0.1) is 5.41 Å². The third-order valence-corrected chi connectivity index (χ3v) is 6.44. The fourth-order valence-electron chi connectivity index (χ4n) is 4.38. The van der Waals surface area contributed by atoms with Gasteiger partial charge in [-0.25, -0.2) is 0 Å². The normalized spacial score (nSPS) is 16.7. The van der Waals surface area contributed by atoms with Crippen LogP contribution >= 0.6 is 0 Å². The largest absolute Gasteiger partial charge is 0.586 e. The Morgan fingerprint density at radius 2 is 1.62 bits per heavy atom. The summed E-state index contributed by atoms with van der Waals surface area (Å²) in [5.74, 6) is -0.339. The molecule has 1 amide bonds. The van der Waals surface area contributed by atoms with E-state index < -0.39 is 17.4 Å². The second-order valence-electron chi connectivity index (χ2n) is 8.79. The molecule has 0 spiro atoms. The van der Waals surface area contributed by atoms with E-state index in [2.05, 4.69) is 14.8 Å². The Kier molecular flexibility index (Phi) is 5.00. The molecule has 0 aromatic heterocycles. The van der Waals surface area contributed by atoms with Gasteiger partial charge >= 0.3 is 6.29 Å². The highest BCUT2D eigenvalue weighted by Gasteiger charge is 2.52. The maximum absolute atomic E-state index is 13.4. The van der Waals surface area contributed by atoms with Gasteiger partial charge in [-0.3, -0.25) is 4.79 Å². The van der Waals surface area contributed by atoms with Crippen molar-refractivity contribution >= 4 is 25.1 Å². The highest BCUT2D eigenvalue weighted by molar-refractivity contribution is 6.62. The Balaban J connectivity index is 1.41. The van der Waals surface area contributed by atoms with Crippen molar-refractivity contribution in [1.82, 2.24) is 0 Å². The van der Waals surface area contributed by atoms with Crippen LogP contribution in [0.1, 0.15) is 39.9 Å². The molecule has 1 saturated carbocycles. The molecule has 0 saturated heterocycles. The van der Waals surface area contributed by atoms with Crippen molar-refractivity contribution in [3.05, 3.63) is 76.9 Å². The van der Waals surface area contributed by atoms with Crippen molar-refractivity contribution in [3.63, 3.8) is 0 Å². The molecule has 1 aliphatic carbocycles. The van der Waals surface area contributed by atoms with E-state index in [0.29, 0.717) is 29.7 Å². The van der Waals surface area contributed by atoms with Gasteiger partial charge in [0.2, 0.25) is 5.91 Å². The van der Waals surface area contributed by atoms with Crippen LogP contribution in [0.4, 0.5) is 14.5 Å². The van der Waals surface area contributed by atoms with E-state index in [4.69, 9.17) is 7.85 Å². The zero-order chi connectivity index (χ0) is 24.3. The summed E-state index contributed by atoms with van der Waals surface area (Å²) >= 11 is 0. The Morgan fingerprint density at radius 1 is 0.882 bits per heavy atom. The van der Waals surface area contributed by atoms with Gasteiger partial charge < -0.3 is 19.6 Å². The number of hydrogen-bond acceptors (Lipinski definition) is 4. The summed E-state index contributed by atoms with van der Waals surface area (Å²) in [7, 11) is 5.38. The number of nitrogens with one attached hydrogen (secondary N) is 1. The van der Waals surface area contributed by atoms with Crippen LogP contribution in [0.15, 0.2) is 54.6 Å².